The number of hydrogen-bond acceptors (Lipinski definition) is 3. The van der Waals surface area contributed by atoms with Crippen molar-refractivity contribution in [2.24, 2.45) is 0 Å². The van der Waals surface area contributed by atoms with Crippen LogP contribution in [0.5, 0.6) is 11.5 Å². The van der Waals surface area contributed by atoms with E-state index in [0.29, 0.717) is 23.6 Å². The molecular formula is C18H21NO3. The van der Waals surface area contributed by atoms with Crippen LogP contribution in [0, 0.1) is 0 Å². The third-order valence-corrected chi connectivity index (χ3v) is 3.53. The summed E-state index contributed by atoms with van der Waals surface area (Å²) in [6.45, 7) is 2.51. The van der Waals surface area contributed by atoms with Gasteiger partial charge in [-0.25, -0.2) is 0 Å². The summed E-state index contributed by atoms with van der Waals surface area (Å²) >= 11 is 0. The van der Waals surface area contributed by atoms with E-state index in [4.69, 9.17) is 9.47 Å². The molecule has 0 fully saturated rings. The third kappa shape index (κ3) is 3.58. The van der Waals surface area contributed by atoms with Crippen molar-refractivity contribution in [3.8, 4) is 11.5 Å². The topological polar surface area (TPSA) is 47.6 Å². The first-order valence-corrected chi connectivity index (χ1v) is 7.26. The highest BCUT2D eigenvalue weighted by Gasteiger charge is 2.15. The van der Waals surface area contributed by atoms with Crippen LogP contribution < -0.4 is 14.8 Å². The molecular weight excluding hydrogens is 278 g/mol. The van der Waals surface area contributed by atoms with E-state index in [1.165, 1.54) is 0 Å². The van der Waals surface area contributed by atoms with Crippen LogP contribution in [0.1, 0.15) is 28.4 Å². The van der Waals surface area contributed by atoms with E-state index >= 15 is 0 Å². The smallest absolute Gasteiger partial charge is 0.251 e. The fourth-order valence-corrected chi connectivity index (χ4v) is 2.30. The fourth-order valence-electron chi connectivity index (χ4n) is 2.30. The average Bonchev–Trinajstić information content (AvgIpc) is 2.59. The first kappa shape index (κ1) is 15.9. The Kier molecular flexibility index (Phi) is 5.42. The van der Waals surface area contributed by atoms with Gasteiger partial charge in [0.25, 0.3) is 5.91 Å². The van der Waals surface area contributed by atoms with Crippen LogP contribution in [0.15, 0.2) is 42.5 Å². The van der Waals surface area contributed by atoms with Crippen molar-refractivity contribution in [2.75, 3.05) is 14.2 Å². The molecule has 0 unspecified atom stereocenters. The first-order valence-electron chi connectivity index (χ1n) is 7.26. The lowest BCUT2D eigenvalue weighted by Gasteiger charge is -2.14. The number of carbonyl (C=O) groups is 1. The zero-order valence-corrected chi connectivity index (χ0v) is 13.2. The third-order valence-electron chi connectivity index (χ3n) is 3.53. The quantitative estimate of drug-likeness (QED) is 0.891. The highest BCUT2D eigenvalue weighted by atomic mass is 16.5. The molecule has 0 atom stereocenters. The summed E-state index contributed by atoms with van der Waals surface area (Å²) in [5, 5.41) is 2.94. The van der Waals surface area contributed by atoms with Crippen molar-refractivity contribution in [2.45, 2.75) is 19.9 Å². The van der Waals surface area contributed by atoms with Gasteiger partial charge in [-0.05, 0) is 29.7 Å². The highest BCUT2D eigenvalue weighted by molar-refractivity contribution is 5.96. The lowest BCUT2D eigenvalue weighted by molar-refractivity contribution is 0.0949. The SMILES string of the molecule is CCc1cc(OC)c(OC)cc1C(=O)NCc1ccccc1. The average molecular weight is 299 g/mol. The predicted molar refractivity (Wildman–Crippen MR) is 86.5 cm³/mol. The number of carbonyl (C=O) groups excluding carboxylic acids is 1. The minimum Gasteiger partial charge on any atom is -0.493 e. The molecule has 4 heteroatoms. The van der Waals surface area contributed by atoms with Gasteiger partial charge < -0.3 is 14.8 Å². The van der Waals surface area contributed by atoms with E-state index in [0.717, 1.165) is 17.5 Å². The van der Waals surface area contributed by atoms with Crippen molar-refractivity contribution in [1.82, 2.24) is 5.32 Å². The number of methoxy groups -OCH3 is 2. The second-order valence-electron chi connectivity index (χ2n) is 4.89. The zero-order valence-electron chi connectivity index (χ0n) is 13.2. The van der Waals surface area contributed by atoms with Crippen molar-refractivity contribution in [1.29, 1.82) is 0 Å². The Morgan fingerprint density at radius 1 is 1.05 bits per heavy atom. The van der Waals surface area contributed by atoms with Crippen molar-refractivity contribution in [3.63, 3.8) is 0 Å². The van der Waals surface area contributed by atoms with Crippen LogP contribution >= 0.6 is 0 Å². The molecule has 0 spiro atoms. The Bertz CT molecular complexity index is 638. The number of amides is 1. The van der Waals surface area contributed by atoms with E-state index in [9.17, 15) is 4.79 Å². The molecule has 1 N–H and O–H groups in total. The molecule has 0 saturated carbocycles. The summed E-state index contributed by atoms with van der Waals surface area (Å²) < 4.78 is 10.6. The van der Waals surface area contributed by atoms with Gasteiger partial charge in [0.2, 0.25) is 0 Å². The molecule has 0 aliphatic heterocycles. The molecule has 0 radical (unpaired) electrons. The van der Waals surface area contributed by atoms with Crippen LogP contribution in [0.25, 0.3) is 0 Å². The Labute approximate surface area is 131 Å². The molecule has 2 aromatic rings. The van der Waals surface area contributed by atoms with Crippen molar-refractivity contribution in [3.05, 3.63) is 59.2 Å². The van der Waals surface area contributed by atoms with Gasteiger partial charge in [0.05, 0.1) is 14.2 Å². The number of nitrogens with one attached hydrogen (secondary N) is 1. The summed E-state index contributed by atoms with van der Waals surface area (Å²) in [5.74, 6) is 1.09. The van der Waals surface area contributed by atoms with E-state index in [1.807, 2.05) is 43.3 Å². The normalized spacial score (nSPS) is 10.1. The summed E-state index contributed by atoms with van der Waals surface area (Å²) in [6, 6.07) is 13.4. The maximum Gasteiger partial charge on any atom is 0.251 e. The number of rotatable bonds is 6. The van der Waals surface area contributed by atoms with Crippen LogP contribution in [0.2, 0.25) is 0 Å². The van der Waals surface area contributed by atoms with Gasteiger partial charge in [-0.15, -0.1) is 0 Å². The van der Waals surface area contributed by atoms with E-state index in [2.05, 4.69) is 5.32 Å². The summed E-state index contributed by atoms with van der Waals surface area (Å²) in [5.41, 5.74) is 2.62. The molecule has 0 aromatic heterocycles. The van der Waals surface area contributed by atoms with Gasteiger partial charge >= 0.3 is 0 Å². The molecule has 0 aliphatic rings. The second kappa shape index (κ2) is 7.50. The lowest BCUT2D eigenvalue weighted by Crippen LogP contribution is -2.24. The first-order chi connectivity index (χ1) is 10.7. The molecule has 2 rings (SSSR count). The fraction of sp³-hybridized carbons (Fsp3) is 0.278. The molecule has 0 heterocycles. The van der Waals surface area contributed by atoms with Crippen LogP contribution in [-0.4, -0.2) is 20.1 Å². The number of ether oxygens (including phenoxy) is 2. The van der Waals surface area contributed by atoms with Gasteiger partial charge in [-0.1, -0.05) is 37.3 Å². The van der Waals surface area contributed by atoms with E-state index in [1.54, 1.807) is 20.3 Å². The summed E-state index contributed by atoms with van der Waals surface area (Å²) in [6.07, 6.45) is 0.744. The van der Waals surface area contributed by atoms with Gasteiger partial charge in [0.1, 0.15) is 0 Å². The van der Waals surface area contributed by atoms with E-state index in [-0.39, 0.29) is 5.91 Å². The highest BCUT2D eigenvalue weighted by Crippen LogP contribution is 2.30. The Morgan fingerprint density at radius 3 is 2.27 bits per heavy atom. The van der Waals surface area contributed by atoms with Gasteiger partial charge in [0, 0.05) is 12.1 Å². The Balaban J connectivity index is 2.21. The molecule has 0 saturated heterocycles. The largest absolute Gasteiger partial charge is 0.493 e. The minimum absolute atomic E-state index is 0.110. The molecule has 22 heavy (non-hydrogen) atoms. The minimum atomic E-state index is -0.110. The van der Waals surface area contributed by atoms with Crippen molar-refractivity contribution >= 4 is 5.91 Å². The predicted octanol–water partition coefficient (Wildman–Crippen LogP) is 3.20. The van der Waals surface area contributed by atoms with Crippen LogP contribution in [0.4, 0.5) is 0 Å². The van der Waals surface area contributed by atoms with Gasteiger partial charge in [-0.3, -0.25) is 4.79 Å². The zero-order chi connectivity index (χ0) is 15.9. The molecule has 0 bridgehead atoms. The van der Waals surface area contributed by atoms with Crippen molar-refractivity contribution < 1.29 is 14.3 Å². The monoisotopic (exact) mass is 299 g/mol. The Hall–Kier alpha value is -2.49. The van der Waals surface area contributed by atoms with Crippen LogP contribution in [0.3, 0.4) is 0 Å². The van der Waals surface area contributed by atoms with Gasteiger partial charge in [0.15, 0.2) is 11.5 Å². The molecule has 4 nitrogen and oxygen atoms in total. The molecule has 116 valence electrons. The number of hydrogen-bond donors (Lipinski definition) is 1. The summed E-state index contributed by atoms with van der Waals surface area (Å²) in [7, 11) is 3.15. The molecule has 1 amide bonds. The maximum atomic E-state index is 12.5. The standard InChI is InChI=1S/C18H21NO3/c1-4-14-10-16(21-2)17(22-3)11-15(14)18(20)19-12-13-8-6-5-7-9-13/h5-11H,4,12H2,1-3H3,(H,19,20). The van der Waals surface area contributed by atoms with E-state index < -0.39 is 0 Å². The summed E-state index contributed by atoms with van der Waals surface area (Å²) in [4.78, 5) is 12.5. The lowest BCUT2D eigenvalue weighted by atomic mass is 10.0. The van der Waals surface area contributed by atoms with Crippen LogP contribution in [-0.2, 0) is 13.0 Å². The number of benzene rings is 2. The maximum absolute atomic E-state index is 12.5. The number of aryl methyl sites for hydroxylation is 1. The second-order valence-corrected chi connectivity index (χ2v) is 4.89. The molecule has 2 aromatic carbocycles. The Morgan fingerprint density at radius 2 is 1.68 bits per heavy atom. The van der Waals surface area contributed by atoms with Gasteiger partial charge in [-0.2, -0.15) is 0 Å². The molecule has 0 aliphatic carbocycles.